The van der Waals surface area contributed by atoms with Crippen LogP contribution in [0.5, 0.6) is 0 Å². The molecular formula is C12H8BrClN4. The van der Waals surface area contributed by atoms with Crippen molar-refractivity contribution in [1.29, 1.82) is 0 Å². The van der Waals surface area contributed by atoms with Crippen LogP contribution in [0.1, 0.15) is 0 Å². The molecule has 6 heteroatoms. The first-order valence-corrected chi connectivity index (χ1v) is 6.38. The number of nitrogens with zero attached hydrogens (tertiary/aromatic N) is 3. The molecule has 0 aliphatic heterocycles. The van der Waals surface area contributed by atoms with Gasteiger partial charge < -0.3 is 5.73 Å². The number of hydrogen-bond acceptors (Lipinski definition) is 3. The molecule has 0 atom stereocenters. The molecule has 0 saturated heterocycles. The van der Waals surface area contributed by atoms with E-state index >= 15 is 0 Å². The molecule has 2 N–H and O–H groups in total. The van der Waals surface area contributed by atoms with Gasteiger partial charge in [-0.2, -0.15) is 0 Å². The fourth-order valence-electron chi connectivity index (χ4n) is 1.81. The van der Waals surface area contributed by atoms with E-state index in [9.17, 15) is 0 Å². The van der Waals surface area contributed by atoms with Crippen molar-refractivity contribution in [3.8, 4) is 11.4 Å². The maximum atomic E-state index is 5.98. The third-order valence-electron chi connectivity index (χ3n) is 2.58. The minimum Gasteiger partial charge on any atom is -0.396 e. The lowest BCUT2D eigenvalue weighted by Gasteiger charge is -2.03. The molecule has 0 radical (unpaired) electrons. The van der Waals surface area contributed by atoms with Gasteiger partial charge in [0.1, 0.15) is 0 Å². The number of hydrogen-bond donors (Lipinski definition) is 1. The Hall–Kier alpha value is -1.59. The standard InChI is InChI=1S/C12H8BrClN4/c13-8-5-10(15)12-17-16-11(18(12)6-8)7-2-1-3-9(14)4-7/h1-6H,15H2. The van der Waals surface area contributed by atoms with Crippen LogP contribution in [-0.4, -0.2) is 14.6 Å². The first kappa shape index (κ1) is 11.5. The highest BCUT2D eigenvalue weighted by Gasteiger charge is 2.11. The van der Waals surface area contributed by atoms with Crippen molar-refractivity contribution in [1.82, 2.24) is 14.6 Å². The summed E-state index contributed by atoms with van der Waals surface area (Å²) in [5.74, 6) is 0.709. The van der Waals surface area contributed by atoms with Crippen molar-refractivity contribution in [2.75, 3.05) is 5.73 Å². The lowest BCUT2D eigenvalue weighted by atomic mass is 10.2. The highest BCUT2D eigenvalue weighted by molar-refractivity contribution is 9.10. The van der Waals surface area contributed by atoms with E-state index in [1.54, 1.807) is 6.07 Å². The van der Waals surface area contributed by atoms with Crippen LogP contribution in [0, 0.1) is 0 Å². The molecule has 1 aromatic carbocycles. The number of anilines is 1. The Kier molecular flexibility index (Phi) is 2.72. The quantitative estimate of drug-likeness (QED) is 0.747. The molecule has 3 rings (SSSR count). The maximum Gasteiger partial charge on any atom is 0.184 e. The van der Waals surface area contributed by atoms with Gasteiger partial charge in [-0.05, 0) is 34.1 Å². The predicted octanol–water partition coefficient (Wildman–Crippen LogP) is 3.39. The summed E-state index contributed by atoms with van der Waals surface area (Å²) in [5.41, 5.74) is 8.00. The van der Waals surface area contributed by atoms with Crippen LogP contribution < -0.4 is 5.73 Å². The molecular weight excluding hydrogens is 316 g/mol. The minimum atomic E-state index is 0.574. The van der Waals surface area contributed by atoms with Crippen molar-refractivity contribution >= 4 is 38.9 Å². The number of nitrogens with two attached hydrogens (primary N) is 1. The summed E-state index contributed by atoms with van der Waals surface area (Å²) in [4.78, 5) is 0. The number of benzene rings is 1. The Morgan fingerprint density at radius 3 is 2.83 bits per heavy atom. The molecule has 0 unspecified atom stereocenters. The van der Waals surface area contributed by atoms with Crippen molar-refractivity contribution in [3.05, 3.63) is 46.0 Å². The maximum absolute atomic E-state index is 5.98. The molecule has 0 saturated carbocycles. The smallest absolute Gasteiger partial charge is 0.184 e. The van der Waals surface area contributed by atoms with Crippen LogP contribution in [0.3, 0.4) is 0 Å². The minimum absolute atomic E-state index is 0.574. The van der Waals surface area contributed by atoms with E-state index in [4.69, 9.17) is 17.3 Å². The third kappa shape index (κ3) is 1.85. The van der Waals surface area contributed by atoms with E-state index in [0.29, 0.717) is 22.2 Å². The van der Waals surface area contributed by atoms with Gasteiger partial charge in [-0.1, -0.05) is 23.7 Å². The fraction of sp³-hybridized carbons (Fsp3) is 0. The Balaban J connectivity index is 2.30. The molecule has 90 valence electrons. The highest BCUT2D eigenvalue weighted by atomic mass is 79.9. The second kappa shape index (κ2) is 4.26. The van der Waals surface area contributed by atoms with Gasteiger partial charge in [0, 0.05) is 21.3 Å². The van der Waals surface area contributed by atoms with Crippen LogP contribution in [0.15, 0.2) is 41.0 Å². The summed E-state index contributed by atoms with van der Waals surface area (Å²) in [7, 11) is 0. The number of rotatable bonds is 1. The Morgan fingerprint density at radius 1 is 1.22 bits per heavy atom. The fourth-order valence-corrected chi connectivity index (χ4v) is 2.45. The normalized spacial score (nSPS) is 11.0. The largest absolute Gasteiger partial charge is 0.396 e. The summed E-state index contributed by atoms with van der Waals surface area (Å²) in [6.45, 7) is 0. The monoisotopic (exact) mass is 322 g/mol. The van der Waals surface area contributed by atoms with E-state index in [1.807, 2.05) is 34.9 Å². The number of fused-ring (bicyclic) bond motifs is 1. The predicted molar refractivity (Wildman–Crippen MR) is 75.5 cm³/mol. The van der Waals surface area contributed by atoms with Gasteiger partial charge in [-0.3, -0.25) is 4.40 Å². The molecule has 0 amide bonds. The van der Waals surface area contributed by atoms with E-state index < -0.39 is 0 Å². The first-order chi connectivity index (χ1) is 8.65. The lowest BCUT2D eigenvalue weighted by molar-refractivity contribution is 1.11. The van der Waals surface area contributed by atoms with Crippen molar-refractivity contribution in [2.24, 2.45) is 0 Å². The van der Waals surface area contributed by atoms with Crippen molar-refractivity contribution in [2.45, 2.75) is 0 Å². The average molecular weight is 324 g/mol. The number of nitrogen functional groups attached to an aromatic ring is 1. The van der Waals surface area contributed by atoms with Crippen LogP contribution >= 0.6 is 27.5 Å². The summed E-state index contributed by atoms with van der Waals surface area (Å²) in [6, 6.07) is 9.26. The second-order valence-corrected chi connectivity index (χ2v) is 5.19. The zero-order valence-electron chi connectivity index (χ0n) is 9.14. The van der Waals surface area contributed by atoms with Gasteiger partial charge in [-0.15, -0.1) is 10.2 Å². The Labute approximate surface area is 117 Å². The molecule has 0 aliphatic carbocycles. The van der Waals surface area contributed by atoms with Gasteiger partial charge >= 0.3 is 0 Å². The SMILES string of the molecule is Nc1cc(Br)cn2c(-c3cccc(Cl)c3)nnc12. The van der Waals surface area contributed by atoms with Crippen molar-refractivity contribution in [3.63, 3.8) is 0 Å². The molecule has 2 heterocycles. The number of halogens is 2. The van der Waals surface area contributed by atoms with Crippen LogP contribution in [0.4, 0.5) is 5.69 Å². The van der Waals surface area contributed by atoms with Crippen molar-refractivity contribution < 1.29 is 0 Å². The first-order valence-electron chi connectivity index (χ1n) is 5.21. The molecule has 2 aromatic heterocycles. The zero-order valence-corrected chi connectivity index (χ0v) is 11.5. The molecule has 0 spiro atoms. The number of aromatic nitrogens is 3. The molecule has 0 aliphatic rings. The number of pyridine rings is 1. The van der Waals surface area contributed by atoms with Gasteiger partial charge in [-0.25, -0.2) is 0 Å². The molecule has 0 fully saturated rings. The highest BCUT2D eigenvalue weighted by Crippen LogP contribution is 2.25. The summed E-state index contributed by atoms with van der Waals surface area (Å²) < 4.78 is 2.71. The van der Waals surface area contributed by atoms with Crippen LogP contribution in [0.2, 0.25) is 5.02 Å². The summed E-state index contributed by atoms with van der Waals surface area (Å²) >= 11 is 9.39. The summed E-state index contributed by atoms with van der Waals surface area (Å²) in [6.07, 6.45) is 1.88. The zero-order chi connectivity index (χ0) is 12.7. The molecule has 0 bridgehead atoms. The molecule has 4 nitrogen and oxygen atoms in total. The van der Waals surface area contributed by atoms with Gasteiger partial charge in [0.25, 0.3) is 0 Å². The third-order valence-corrected chi connectivity index (χ3v) is 3.25. The van der Waals surface area contributed by atoms with Crippen LogP contribution in [0.25, 0.3) is 17.0 Å². The van der Waals surface area contributed by atoms with Crippen LogP contribution in [-0.2, 0) is 0 Å². The van der Waals surface area contributed by atoms with E-state index in [0.717, 1.165) is 10.0 Å². The van der Waals surface area contributed by atoms with E-state index in [-0.39, 0.29) is 0 Å². The van der Waals surface area contributed by atoms with E-state index in [1.165, 1.54) is 0 Å². The van der Waals surface area contributed by atoms with Gasteiger partial charge in [0.15, 0.2) is 11.5 Å². The van der Waals surface area contributed by atoms with E-state index in [2.05, 4.69) is 26.1 Å². The topological polar surface area (TPSA) is 56.2 Å². The average Bonchev–Trinajstić information content (AvgIpc) is 2.72. The lowest BCUT2D eigenvalue weighted by Crippen LogP contribution is -1.94. The summed E-state index contributed by atoms with van der Waals surface area (Å²) in [5, 5.41) is 8.91. The molecule has 3 aromatic rings. The Morgan fingerprint density at radius 2 is 2.06 bits per heavy atom. The van der Waals surface area contributed by atoms with Gasteiger partial charge in [0.2, 0.25) is 0 Å². The Bertz CT molecular complexity index is 738. The second-order valence-electron chi connectivity index (χ2n) is 3.84. The molecule has 18 heavy (non-hydrogen) atoms. The van der Waals surface area contributed by atoms with Gasteiger partial charge in [0.05, 0.1) is 5.69 Å².